The average Bonchev–Trinajstić information content (AvgIpc) is 2.42. The number of nitrogens with zero attached hydrogens (tertiary/aromatic N) is 2. The number of rotatable bonds is 2. The highest BCUT2D eigenvalue weighted by Crippen LogP contribution is 2.17. The van der Waals surface area contributed by atoms with Gasteiger partial charge in [-0.05, 0) is 17.7 Å². The van der Waals surface area contributed by atoms with Gasteiger partial charge in [0.1, 0.15) is 12.1 Å². The van der Waals surface area contributed by atoms with Gasteiger partial charge in [-0.3, -0.25) is 0 Å². The first-order valence-corrected chi connectivity index (χ1v) is 6.10. The minimum absolute atomic E-state index is 0.204. The van der Waals surface area contributed by atoms with Crippen molar-refractivity contribution in [1.82, 2.24) is 15.3 Å². The summed E-state index contributed by atoms with van der Waals surface area (Å²) in [6.45, 7) is 1.80. The Bertz CT molecular complexity index is 551. The van der Waals surface area contributed by atoms with Crippen LogP contribution in [-0.4, -0.2) is 16.5 Å². The van der Waals surface area contributed by atoms with Crippen LogP contribution >= 0.6 is 0 Å². The fraction of sp³-hybridized carbons (Fsp3) is 0.286. The molecule has 1 aromatic heterocycles. The average molecular weight is 243 g/mol. The largest absolute Gasteiger partial charge is 0.312 e. The zero-order valence-corrected chi connectivity index (χ0v) is 9.99. The van der Waals surface area contributed by atoms with Gasteiger partial charge in [-0.1, -0.05) is 12.1 Å². The summed E-state index contributed by atoms with van der Waals surface area (Å²) in [5, 5.41) is 3.34. The van der Waals surface area contributed by atoms with Crippen molar-refractivity contribution in [2.75, 3.05) is 6.54 Å². The van der Waals surface area contributed by atoms with Gasteiger partial charge in [0.05, 0.1) is 5.69 Å². The summed E-state index contributed by atoms with van der Waals surface area (Å²) in [6, 6.07) is 6.59. The third kappa shape index (κ3) is 2.24. The number of aromatic nitrogens is 2. The second-order valence-electron chi connectivity index (χ2n) is 4.48. The van der Waals surface area contributed by atoms with E-state index in [-0.39, 0.29) is 5.82 Å². The van der Waals surface area contributed by atoms with E-state index < -0.39 is 0 Å². The molecule has 1 N–H and O–H groups in total. The molecule has 0 atom stereocenters. The molecule has 3 nitrogen and oxygen atoms in total. The third-order valence-electron chi connectivity index (χ3n) is 3.25. The van der Waals surface area contributed by atoms with E-state index in [2.05, 4.69) is 15.3 Å². The Hall–Kier alpha value is -1.81. The second-order valence-corrected chi connectivity index (χ2v) is 4.48. The Labute approximate surface area is 105 Å². The minimum atomic E-state index is -0.204. The normalized spacial score (nSPS) is 14.3. The third-order valence-corrected chi connectivity index (χ3v) is 3.25. The smallest absolute Gasteiger partial charge is 0.123 e. The van der Waals surface area contributed by atoms with Gasteiger partial charge in [-0.25, -0.2) is 14.4 Å². The summed E-state index contributed by atoms with van der Waals surface area (Å²) in [6.07, 6.45) is 3.31. The predicted octanol–water partition coefficient (Wildman–Crippen LogP) is 1.85. The van der Waals surface area contributed by atoms with Crippen molar-refractivity contribution < 1.29 is 4.39 Å². The number of hydrogen-bond acceptors (Lipinski definition) is 3. The van der Waals surface area contributed by atoms with Crippen molar-refractivity contribution in [3.8, 4) is 0 Å². The SMILES string of the molecule is Fc1ccc(Cc2ncnc3c2CNCC3)cc1. The first kappa shape index (κ1) is 11.3. The van der Waals surface area contributed by atoms with Gasteiger partial charge in [-0.15, -0.1) is 0 Å². The molecule has 0 fully saturated rings. The molecule has 3 rings (SSSR count). The van der Waals surface area contributed by atoms with Gasteiger partial charge in [0.15, 0.2) is 0 Å². The molecule has 0 saturated carbocycles. The van der Waals surface area contributed by atoms with E-state index in [9.17, 15) is 4.39 Å². The molecule has 0 saturated heterocycles. The highest BCUT2D eigenvalue weighted by molar-refractivity contribution is 5.31. The van der Waals surface area contributed by atoms with Gasteiger partial charge >= 0.3 is 0 Å². The Morgan fingerprint density at radius 3 is 2.83 bits per heavy atom. The van der Waals surface area contributed by atoms with Gasteiger partial charge < -0.3 is 5.32 Å². The van der Waals surface area contributed by atoms with E-state index >= 15 is 0 Å². The summed E-state index contributed by atoms with van der Waals surface area (Å²) in [4.78, 5) is 8.69. The van der Waals surface area contributed by atoms with Crippen LogP contribution in [0, 0.1) is 5.82 Å². The highest BCUT2D eigenvalue weighted by atomic mass is 19.1. The molecule has 0 radical (unpaired) electrons. The van der Waals surface area contributed by atoms with Crippen LogP contribution in [0.25, 0.3) is 0 Å². The quantitative estimate of drug-likeness (QED) is 0.874. The van der Waals surface area contributed by atoms with Crippen LogP contribution in [0.2, 0.25) is 0 Å². The maximum atomic E-state index is 12.9. The maximum absolute atomic E-state index is 12.9. The Morgan fingerprint density at radius 2 is 2.00 bits per heavy atom. The van der Waals surface area contributed by atoms with Crippen LogP contribution < -0.4 is 5.32 Å². The van der Waals surface area contributed by atoms with Crippen LogP contribution in [0.15, 0.2) is 30.6 Å². The summed E-state index contributed by atoms with van der Waals surface area (Å²) < 4.78 is 12.9. The molecule has 0 aliphatic carbocycles. The molecule has 1 aliphatic rings. The maximum Gasteiger partial charge on any atom is 0.123 e. The fourth-order valence-corrected chi connectivity index (χ4v) is 2.28. The fourth-order valence-electron chi connectivity index (χ4n) is 2.28. The number of benzene rings is 1. The van der Waals surface area contributed by atoms with Gasteiger partial charge in [-0.2, -0.15) is 0 Å². The van der Waals surface area contributed by atoms with Crippen LogP contribution in [0.5, 0.6) is 0 Å². The zero-order chi connectivity index (χ0) is 12.4. The lowest BCUT2D eigenvalue weighted by Crippen LogP contribution is -2.26. The lowest BCUT2D eigenvalue weighted by atomic mass is 10.0. The molecule has 0 bridgehead atoms. The Morgan fingerprint density at radius 1 is 1.17 bits per heavy atom. The molecule has 18 heavy (non-hydrogen) atoms. The molecule has 0 amide bonds. The topological polar surface area (TPSA) is 37.8 Å². The number of hydrogen-bond donors (Lipinski definition) is 1. The summed E-state index contributed by atoms with van der Waals surface area (Å²) in [7, 11) is 0. The molecule has 92 valence electrons. The molecular weight excluding hydrogens is 229 g/mol. The van der Waals surface area contributed by atoms with Crippen LogP contribution in [0.3, 0.4) is 0 Å². The minimum Gasteiger partial charge on any atom is -0.312 e. The summed E-state index contributed by atoms with van der Waals surface area (Å²) in [5.74, 6) is -0.204. The van der Waals surface area contributed by atoms with Crippen molar-refractivity contribution in [3.05, 3.63) is 58.9 Å². The van der Waals surface area contributed by atoms with Crippen molar-refractivity contribution in [1.29, 1.82) is 0 Å². The molecule has 0 unspecified atom stereocenters. The molecule has 1 aromatic carbocycles. The lowest BCUT2D eigenvalue weighted by Gasteiger charge is -2.18. The van der Waals surface area contributed by atoms with E-state index in [0.29, 0.717) is 0 Å². The van der Waals surface area contributed by atoms with E-state index in [0.717, 1.165) is 42.9 Å². The lowest BCUT2D eigenvalue weighted by molar-refractivity contribution is 0.617. The predicted molar refractivity (Wildman–Crippen MR) is 66.6 cm³/mol. The van der Waals surface area contributed by atoms with Crippen molar-refractivity contribution in [2.45, 2.75) is 19.4 Å². The Kier molecular flexibility index (Phi) is 3.02. The van der Waals surface area contributed by atoms with Crippen LogP contribution in [0.1, 0.15) is 22.5 Å². The molecule has 0 spiro atoms. The first-order valence-electron chi connectivity index (χ1n) is 6.10. The van der Waals surface area contributed by atoms with E-state index in [4.69, 9.17) is 0 Å². The van der Waals surface area contributed by atoms with E-state index in [1.165, 1.54) is 17.7 Å². The summed E-state index contributed by atoms with van der Waals surface area (Å²) >= 11 is 0. The molecule has 2 aromatic rings. The van der Waals surface area contributed by atoms with Gasteiger partial charge in [0.25, 0.3) is 0 Å². The van der Waals surface area contributed by atoms with Crippen molar-refractivity contribution in [2.24, 2.45) is 0 Å². The van der Waals surface area contributed by atoms with Crippen LogP contribution in [0.4, 0.5) is 4.39 Å². The Balaban J connectivity index is 1.90. The molecule has 1 aliphatic heterocycles. The van der Waals surface area contributed by atoms with Crippen LogP contribution in [-0.2, 0) is 19.4 Å². The number of halogens is 1. The molecule has 4 heteroatoms. The molecular formula is C14H14FN3. The summed E-state index contributed by atoms with van der Waals surface area (Å²) in [5.41, 5.74) is 4.45. The van der Waals surface area contributed by atoms with Crippen molar-refractivity contribution in [3.63, 3.8) is 0 Å². The number of nitrogens with one attached hydrogen (secondary N) is 1. The van der Waals surface area contributed by atoms with Gasteiger partial charge in [0.2, 0.25) is 0 Å². The monoisotopic (exact) mass is 243 g/mol. The van der Waals surface area contributed by atoms with E-state index in [1.807, 2.05) is 0 Å². The first-order chi connectivity index (χ1) is 8.83. The highest BCUT2D eigenvalue weighted by Gasteiger charge is 2.14. The standard InChI is InChI=1S/C14H14FN3/c15-11-3-1-10(2-4-11)7-14-12-8-16-6-5-13(12)17-9-18-14/h1-4,9,16H,5-8H2. The van der Waals surface area contributed by atoms with E-state index in [1.54, 1.807) is 18.5 Å². The van der Waals surface area contributed by atoms with Gasteiger partial charge in [0, 0.05) is 37.2 Å². The zero-order valence-electron chi connectivity index (χ0n) is 9.99. The van der Waals surface area contributed by atoms with Crippen molar-refractivity contribution >= 4 is 0 Å². The molecule has 2 heterocycles. The number of fused-ring (bicyclic) bond motifs is 1. The second kappa shape index (κ2) is 4.82.